The second-order valence-corrected chi connectivity index (χ2v) is 3.96. The van der Waals surface area contributed by atoms with Gasteiger partial charge in [-0.1, -0.05) is 42.5 Å². The number of aryl methyl sites for hydroxylation is 1. The molecular weight excluding hydrogens is 196 g/mol. The van der Waals surface area contributed by atoms with Crippen LogP contribution in [0.1, 0.15) is 22.5 Å². The molecule has 0 atom stereocenters. The summed E-state index contributed by atoms with van der Waals surface area (Å²) >= 11 is 0. The summed E-state index contributed by atoms with van der Waals surface area (Å²) in [7, 11) is 0. The molecule has 0 N–H and O–H groups in total. The maximum Gasteiger partial charge on any atom is 0.103 e. The quantitative estimate of drug-likeness (QED) is 0.744. The number of furan rings is 1. The predicted molar refractivity (Wildman–Crippen MR) is 67.4 cm³/mol. The van der Waals surface area contributed by atoms with Crippen LogP contribution in [0.2, 0.25) is 0 Å². The molecule has 0 saturated carbocycles. The van der Waals surface area contributed by atoms with E-state index in [0.717, 1.165) is 12.2 Å². The first-order valence-electron chi connectivity index (χ1n) is 5.52. The van der Waals surface area contributed by atoms with E-state index in [-0.39, 0.29) is 0 Å². The fraction of sp³-hybridized carbons (Fsp3) is 0.200. The normalized spacial score (nSPS) is 11.1. The Labute approximate surface area is 96.4 Å². The molecule has 1 nitrogen and oxygen atoms in total. The molecule has 0 aliphatic carbocycles. The molecule has 1 heterocycles. The number of benzene rings is 1. The van der Waals surface area contributed by atoms with Crippen molar-refractivity contribution < 1.29 is 4.42 Å². The second-order valence-electron chi connectivity index (χ2n) is 3.96. The molecule has 0 amide bonds. The maximum atomic E-state index is 5.36. The van der Waals surface area contributed by atoms with Crippen LogP contribution >= 0.6 is 0 Å². The monoisotopic (exact) mass is 212 g/mol. The lowest BCUT2D eigenvalue weighted by atomic mass is 10.1. The van der Waals surface area contributed by atoms with E-state index in [1.165, 1.54) is 16.7 Å². The van der Waals surface area contributed by atoms with E-state index in [1.807, 2.05) is 31.4 Å². The first kappa shape index (κ1) is 10.7. The van der Waals surface area contributed by atoms with E-state index in [4.69, 9.17) is 4.42 Å². The van der Waals surface area contributed by atoms with Gasteiger partial charge in [0.05, 0.1) is 6.26 Å². The van der Waals surface area contributed by atoms with Gasteiger partial charge in [-0.2, -0.15) is 0 Å². The SMILES string of the molecule is Cc1occ(C/C=C/c2ccccc2)c1C. The number of rotatable bonds is 3. The maximum absolute atomic E-state index is 5.36. The molecule has 0 bridgehead atoms. The van der Waals surface area contributed by atoms with Crippen molar-refractivity contribution in [2.24, 2.45) is 0 Å². The van der Waals surface area contributed by atoms with Gasteiger partial charge in [0.15, 0.2) is 0 Å². The van der Waals surface area contributed by atoms with Crippen LogP contribution in [0.3, 0.4) is 0 Å². The average Bonchev–Trinajstić information content (AvgIpc) is 2.62. The van der Waals surface area contributed by atoms with Crippen LogP contribution in [0.25, 0.3) is 6.08 Å². The van der Waals surface area contributed by atoms with E-state index in [0.29, 0.717) is 0 Å². The van der Waals surface area contributed by atoms with Crippen LogP contribution in [-0.4, -0.2) is 0 Å². The highest BCUT2D eigenvalue weighted by molar-refractivity contribution is 5.49. The van der Waals surface area contributed by atoms with E-state index in [9.17, 15) is 0 Å². The van der Waals surface area contributed by atoms with E-state index in [1.54, 1.807) is 0 Å². The van der Waals surface area contributed by atoms with Gasteiger partial charge in [0, 0.05) is 0 Å². The lowest BCUT2D eigenvalue weighted by Gasteiger charge is -1.94. The molecule has 0 spiro atoms. The third kappa shape index (κ3) is 2.43. The van der Waals surface area contributed by atoms with Gasteiger partial charge < -0.3 is 4.42 Å². The predicted octanol–water partition coefficient (Wildman–Crippen LogP) is 4.15. The van der Waals surface area contributed by atoms with Crippen LogP contribution in [-0.2, 0) is 6.42 Å². The summed E-state index contributed by atoms with van der Waals surface area (Å²) in [6.07, 6.45) is 7.09. The zero-order chi connectivity index (χ0) is 11.4. The molecule has 0 fully saturated rings. The Morgan fingerprint density at radius 2 is 1.88 bits per heavy atom. The van der Waals surface area contributed by atoms with Crippen molar-refractivity contribution >= 4 is 6.08 Å². The summed E-state index contributed by atoms with van der Waals surface area (Å²) in [4.78, 5) is 0. The minimum absolute atomic E-state index is 0.929. The Morgan fingerprint density at radius 1 is 1.12 bits per heavy atom. The van der Waals surface area contributed by atoms with Gasteiger partial charge in [0.25, 0.3) is 0 Å². The van der Waals surface area contributed by atoms with E-state index >= 15 is 0 Å². The van der Waals surface area contributed by atoms with Gasteiger partial charge in [0.1, 0.15) is 5.76 Å². The van der Waals surface area contributed by atoms with Crippen molar-refractivity contribution in [3.8, 4) is 0 Å². The molecule has 0 saturated heterocycles. The standard InChI is InChI=1S/C15H16O/c1-12-13(2)16-11-15(12)10-6-9-14-7-4-3-5-8-14/h3-9,11H,10H2,1-2H3/b9-6+. The summed E-state index contributed by atoms with van der Waals surface area (Å²) in [5, 5.41) is 0. The van der Waals surface area contributed by atoms with Crippen molar-refractivity contribution in [1.29, 1.82) is 0 Å². The Hall–Kier alpha value is -1.76. The molecular formula is C15H16O. The third-order valence-corrected chi connectivity index (χ3v) is 2.84. The van der Waals surface area contributed by atoms with Gasteiger partial charge in [-0.3, -0.25) is 0 Å². The topological polar surface area (TPSA) is 13.1 Å². The van der Waals surface area contributed by atoms with Crippen molar-refractivity contribution in [1.82, 2.24) is 0 Å². The van der Waals surface area contributed by atoms with Crippen LogP contribution in [0.5, 0.6) is 0 Å². The first-order valence-corrected chi connectivity index (χ1v) is 5.52. The molecule has 2 rings (SSSR count). The Bertz CT molecular complexity index is 477. The second kappa shape index (κ2) is 4.84. The Balaban J connectivity index is 2.03. The summed E-state index contributed by atoms with van der Waals surface area (Å²) in [6.45, 7) is 4.10. The molecule has 2 aromatic rings. The Morgan fingerprint density at radius 3 is 2.50 bits per heavy atom. The lowest BCUT2D eigenvalue weighted by Crippen LogP contribution is -1.81. The molecule has 82 valence electrons. The fourth-order valence-electron chi connectivity index (χ4n) is 1.65. The highest BCUT2D eigenvalue weighted by Crippen LogP contribution is 2.16. The highest BCUT2D eigenvalue weighted by atomic mass is 16.3. The summed E-state index contributed by atoms with van der Waals surface area (Å²) < 4.78 is 5.36. The van der Waals surface area contributed by atoms with Crippen molar-refractivity contribution in [2.45, 2.75) is 20.3 Å². The molecule has 0 radical (unpaired) electrons. The Kier molecular flexibility index (Phi) is 3.25. The molecule has 0 aliphatic rings. The van der Waals surface area contributed by atoms with Crippen molar-refractivity contribution in [3.05, 3.63) is 65.1 Å². The summed E-state index contributed by atoms with van der Waals surface area (Å²) in [6, 6.07) is 10.3. The highest BCUT2D eigenvalue weighted by Gasteiger charge is 2.02. The largest absolute Gasteiger partial charge is 0.469 e. The lowest BCUT2D eigenvalue weighted by molar-refractivity contribution is 0.530. The molecule has 16 heavy (non-hydrogen) atoms. The minimum Gasteiger partial charge on any atom is -0.469 e. The van der Waals surface area contributed by atoms with Gasteiger partial charge in [-0.25, -0.2) is 0 Å². The van der Waals surface area contributed by atoms with Gasteiger partial charge in [-0.15, -0.1) is 0 Å². The van der Waals surface area contributed by atoms with Crippen LogP contribution < -0.4 is 0 Å². The van der Waals surface area contributed by atoms with Crippen LogP contribution in [0.15, 0.2) is 47.1 Å². The zero-order valence-electron chi connectivity index (χ0n) is 9.73. The fourth-order valence-corrected chi connectivity index (χ4v) is 1.65. The van der Waals surface area contributed by atoms with Crippen molar-refractivity contribution in [2.75, 3.05) is 0 Å². The zero-order valence-corrected chi connectivity index (χ0v) is 9.73. The van der Waals surface area contributed by atoms with Crippen LogP contribution in [0.4, 0.5) is 0 Å². The van der Waals surface area contributed by atoms with E-state index in [2.05, 4.69) is 31.2 Å². The number of allylic oxidation sites excluding steroid dienone is 1. The van der Waals surface area contributed by atoms with Gasteiger partial charge >= 0.3 is 0 Å². The minimum atomic E-state index is 0.929. The number of hydrogen-bond donors (Lipinski definition) is 0. The smallest absolute Gasteiger partial charge is 0.103 e. The number of hydrogen-bond acceptors (Lipinski definition) is 1. The third-order valence-electron chi connectivity index (χ3n) is 2.84. The van der Waals surface area contributed by atoms with Crippen LogP contribution in [0, 0.1) is 13.8 Å². The van der Waals surface area contributed by atoms with E-state index < -0.39 is 0 Å². The molecule has 1 aromatic carbocycles. The van der Waals surface area contributed by atoms with Crippen molar-refractivity contribution in [3.63, 3.8) is 0 Å². The summed E-state index contributed by atoms with van der Waals surface area (Å²) in [5.74, 6) is 1.02. The molecule has 1 aromatic heterocycles. The van der Waals surface area contributed by atoms with Gasteiger partial charge in [-0.05, 0) is 37.0 Å². The first-order chi connectivity index (χ1) is 7.77. The average molecular weight is 212 g/mol. The molecule has 1 heteroatoms. The summed E-state index contributed by atoms with van der Waals surface area (Å²) in [5.41, 5.74) is 3.77. The molecule has 0 unspecified atom stereocenters. The molecule has 0 aliphatic heterocycles. The van der Waals surface area contributed by atoms with Gasteiger partial charge in [0.2, 0.25) is 0 Å².